The minimum absolute atomic E-state index is 0.277. The van der Waals surface area contributed by atoms with Gasteiger partial charge in [0.05, 0.1) is 17.8 Å². The van der Waals surface area contributed by atoms with E-state index < -0.39 is 0 Å². The monoisotopic (exact) mass is 282 g/mol. The molecule has 0 N–H and O–H groups in total. The molecule has 0 unspecified atom stereocenters. The SMILES string of the molecule is Clc1cncc(OC2CCN([C@@H]3CCOC3)CC2)c1. The van der Waals surface area contributed by atoms with Crippen LogP contribution in [0.25, 0.3) is 0 Å². The molecule has 4 nitrogen and oxygen atoms in total. The molecule has 104 valence electrons. The first-order valence-corrected chi connectivity index (χ1v) is 7.28. The van der Waals surface area contributed by atoms with Gasteiger partial charge >= 0.3 is 0 Å². The van der Waals surface area contributed by atoms with Gasteiger partial charge in [-0.25, -0.2) is 0 Å². The van der Waals surface area contributed by atoms with E-state index >= 15 is 0 Å². The lowest BCUT2D eigenvalue weighted by Gasteiger charge is -2.35. The van der Waals surface area contributed by atoms with Crippen molar-refractivity contribution >= 4 is 11.6 Å². The molecule has 2 aliphatic rings. The van der Waals surface area contributed by atoms with Crippen LogP contribution >= 0.6 is 11.6 Å². The van der Waals surface area contributed by atoms with E-state index in [9.17, 15) is 0 Å². The highest BCUT2D eigenvalue weighted by Gasteiger charge is 2.28. The highest BCUT2D eigenvalue weighted by Crippen LogP contribution is 2.23. The van der Waals surface area contributed by atoms with Crippen LogP contribution in [-0.4, -0.2) is 48.3 Å². The zero-order valence-corrected chi connectivity index (χ0v) is 11.7. The maximum absolute atomic E-state index is 5.94. The average Bonchev–Trinajstić information content (AvgIpc) is 2.94. The van der Waals surface area contributed by atoms with Crippen LogP contribution in [0.5, 0.6) is 5.75 Å². The number of rotatable bonds is 3. The van der Waals surface area contributed by atoms with Gasteiger partial charge in [-0.1, -0.05) is 11.6 Å². The number of pyridine rings is 1. The summed E-state index contributed by atoms with van der Waals surface area (Å²) in [6.07, 6.45) is 6.91. The molecule has 1 atom stereocenters. The minimum Gasteiger partial charge on any atom is -0.489 e. The highest BCUT2D eigenvalue weighted by atomic mass is 35.5. The van der Waals surface area contributed by atoms with Gasteiger partial charge in [0.15, 0.2) is 0 Å². The minimum atomic E-state index is 0.277. The van der Waals surface area contributed by atoms with Crippen molar-refractivity contribution in [1.82, 2.24) is 9.88 Å². The number of piperidine rings is 1. The molecule has 0 bridgehead atoms. The third kappa shape index (κ3) is 3.38. The van der Waals surface area contributed by atoms with Crippen molar-refractivity contribution in [3.63, 3.8) is 0 Å². The molecule has 0 spiro atoms. The van der Waals surface area contributed by atoms with Crippen molar-refractivity contribution in [2.45, 2.75) is 31.4 Å². The Bertz CT molecular complexity index is 416. The Morgan fingerprint density at radius 3 is 2.79 bits per heavy atom. The zero-order chi connectivity index (χ0) is 13.1. The van der Waals surface area contributed by atoms with Crippen molar-refractivity contribution in [2.24, 2.45) is 0 Å². The second-order valence-corrected chi connectivity index (χ2v) is 5.65. The maximum Gasteiger partial charge on any atom is 0.139 e. The molecule has 0 radical (unpaired) electrons. The normalized spacial score (nSPS) is 25.6. The fourth-order valence-electron chi connectivity index (χ4n) is 2.82. The molecule has 0 saturated carbocycles. The van der Waals surface area contributed by atoms with Crippen molar-refractivity contribution in [3.8, 4) is 5.75 Å². The van der Waals surface area contributed by atoms with E-state index in [2.05, 4.69) is 9.88 Å². The summed E-state index contributed by atoms with van der Waals surface area (Å²) in [5, 5.41) is 0.623. The Kier molecular flexibility index (Phi) is 4.21. The van der Waals surface area contributed by atoms with Crippen molar-refractivity contribution in [3.05, 3.63) is 23.5 Å². The van der Waals surface area contributed by atoms with E-state index in [1.165, 1.54) is 6.42 Å². The summed E-state index contributed by atoms with van der Waals surface area (Å²) in [7, 11) is 0. The van der Waals surface area contributed by atoms with Gasteiger partial charge in [0.25, 0.3) is 0 Å². The molecule has 0 aromatic carbocycles. The number of hydrogen-bond acceptors (Lipinski definition) is 4. The van der Waals surface area contributed by atoms with Crippen LogP contribution < -0.4 is 4.74 Å². The average molecular weight is 283 g/mol. The fourth-order valence-corrected chi connectivity index (χ4v) is 2.98. The van der Waals surface area contributed by atoms with E-state index in [4.69, 9.17) is 21.1 Å². The Hall–Kier alpha value is -0.840. The molecule has 0 amide bonds. The molecule has 2 aliphatic heterocycles. The molecule has 0 aliphatic carbocycles. The van der Waals surface area contributed by atoms with E-state index in [1.807, 2.05) is 6.07 Å². The van der Waals surface area contributed by atoms with Crippen LogP contribution in [0.3, 0.4) is 0 Å². The predicted octanol–water partition coefficient (Wildman–Crippen LogP) is 2.37. The zero-order valence-electron chi connectivity index (χ0n) is 10.9. The Morgan fingerprint density at radius 1 is 1.26 bits per heavy atom. The first-order valence-electron chi connectivity index (χ1n) is 6.90. The molecule has 5 heteroatoms. The van der Waals surface area contributed by atoms with Gasteiger partial charge < -0.3 is 9.47 Å². The quantitative estimate of drug-likeness (QED) is 0.852. The summed E-state index contributed by atoms with van der Waals surface area (Å²) in [4.78, 5) is 6.57. The Morgan fingerprint density at radius 2 is 2.11 bits per heavy atom. The van der Waals surface area contributed by atoms with Gasteiger partial charge in [0.1, 0.15) is 11.9 Å². The number of likely N-dealkylation sites (tertiary alicyclic amines) is 1. The van der Waals surface area contributed by atoms with E-state index in [1.54, 1.807) is 12.4 Å². The first-order chi connectivity index (χ1) is 9.31. The molecule has 3 rings (SSSR count). The largest absolute Gasteiger partial charge is 0.489 e. The number of halogens is 1. The van der Waals surface area contributed by atoms with Crippen LogP contribution in [0.1, 0.15) is 19.3 Å². The highest BCUT2D eigenvalue weighted by molar-refractivity contribution is 6.30. The summed E-state index contributed by atoms with van der Waals surface area (Å²) in [6.45, 7) is 3.98. The second-order valence-electron chi connectivity index (χ2n) is 5.21. The molecule has 1 aromatic heterocycles. The predicted molar refractivity (Wildman–Crippen MR) is 73.7 cm³/mol. The summed E-state index contributed by atoms with van der Waals surface area (Å²) >= 11 is 5.91. The van der Waals surface area contributed by atoms with Gasteiger partial charge in [0.2, 0.25) is 0 Å². The van der Waals surface area contributed by atoms with Crippen molar-refractivity contribution in [1.29, 1.82) is 0 Å². The van der Waals surface area contributed by atoms with E-state index in [0.717, 1.165) is 44.9 Å². The third-order valence-corrected chi connectivity index (χ3v) is 4.09. The van der Waals surface area contributed by atoms with Crippen LogP contribution in [0.4, 0.5) is 0 Å². The van der Waals surface area contributed by atoms with E-state index in [-0.39, 0.29) is 6.10 Å². The molecule has 2 fully saturated rings. The summed E-state index contributed by atoms with van der Waals surface area (Å²) in [5.74, 6) is 0.773. The second kappa shape index (κ2) is 6.07. The lowest BCUT2D eigenvalue weighted by Crippen LogP contribution is -2.44. The fraction of sp³-hybridized carbons (Fsp3) is 0.643. The van der Waals surface area contributed by atoms with Gasteiger partial charge in [-0.05, 0) is 19.3 Å². The standard InChI is InChI=1S/C14H19ClN2O2/c15-11-7-14(9-16-8-11)19-13-1-4-17(5-2-13)12-3-6-18-10-12/h7-9,12-13H,1-6,10H2/t12-/m1/s1. The topological polar surface area (TPSA) is 34.6 Å². The Labute approximate surface area is 118 Å². The van der Waals surface area contributed by atoms with Crippen LogP contribution in [0.15, 0.2) is 18.5 Å². The van der Waals surface area contributed by atoms with Gasteiger partial charge in [0, 0.05) is 38.0 Å². The lowest BCUT2D eigenvalue weighted by atomic mass is 10.0. The number of aromatic nitrogens is 1. The summed E-state index contributed by atoms with van der Waals surface area (Å²) in [6, 6.07) is 2.44. The third-order valence-electron chi connectivity index (χ3n) is 3.88. The van der Waals surface area contributed by atoms with Crippen molar-refractivity contribution in [2.75, 3.05) is 26.3 Å². The molecular weight excluding hydrogens is 264 g/mol. The van der Waals surface area contributed by atoms with Crippen LogP contribution in [0, 0.1) is 0 Å². The van der Waals surface area contributed by atoms with Gasteiger partial charge in [-0.3, -0.25) is 9.88 Å². The van der Waals surface area contributed by atoms with Crippen LogP contribution in [0.2, 0.25) is 5.02 Å². The molecule has 19 heavy (non-hydrogen) atoms. The smallest absolute Gasteiger partial charge is 0.139 e. The van der Waals surface area contributed by atoms with Gasteiger partial charge in [-0.15, -0.1) is 0 Å². The lowest BCUT2D eigenvalue weighted by molar-refractivity contribution is 0.0684. The molecule has 1 aromatic rings. The first kappa shape index (κ1) is 13.2. The molecule has 2 saturated heterocycles. The van der Waals surface area contributed by atoms with E-state index in [0.29, 0.717) is 11.1 Å². The van der Waals surface area contributed by atoms with Crippen molar-refractivity contribution < 1.29 is 9.47 Å². The number of ether oxygens (including phenoxy) is 2. The molecule has 3 heterocycles. The summed E-state index contributed by atoms with van der Waals surface area (Å²) in [5.41, 5.74) is 0. The Balaban J connectivity index is 1.50. The number of hydrogen-bond donors (Lipinski definition) is 0. The van der Waals surface area contributed by atoms with Gasteiger partial charge in [-0.2, -0.15) is 0 Å². The van der Waals surface area contributed by atoms with Crippen LogP contribution in [-0.2, 0) is 4.74 Å². The number of nitrogens with zero attached hydrogens (tertiary/aromatic N) is 2. The summed E-state index contributed by atoms with van der Waals surface area (Å²) < 4.78 is 11.4. The molecular formula is C14H19ClN2O2. The maximum atomic E-state index is 5.94.